The van der Waals surface area contributed by atoms with Crippen LogP contribution in [0.3, 0.4) is 0 Å². The Labute approximate surface area is 76.1 Å². The second kappa shape index (κ2) is 5.40. The van der Waals surface area contributed by atoms with Crippen molar-refractivity contribution in [3.63, 3.8) is 0 Å². The van der Waals surface area contributed by atoms with Gasteiger partial charge in [0.25, 0.3) is 0 Å². The number of carbonyl (C=O) groups excluding carboxylic acids is 1. The molecule has 0 spiro atoms. The van der Waals surface area contributed by atoms with Crippen molar-refractivity contribution in [2.75, 3.05) is 7.11 Å². The molecule has 0 unspecified atom stereocenters. The van der Waals surface area contributed by atoms with E-state index in [1.165, 1.54) is 7.11 Å². The first kappa shape index (κ1) is 11.7. The zero-order chi connectivity index (χ0) is 10.4. The minimum atomic E-state index is -1.16. The Balaban J connectivity index is 4.59. The fourth-order valence-electron chi connectivity index (χ4n) is 0.796. The average Bonchev–Trinajstić information content (AvgIpc) is 2.11. The van der Waals surface area contributed by atoms with E-state index >= 15 is 0 Å². The van der Waals surface area contributed by atoms with Gasteiger partial charge < -0.3 is 9.84 Å². The van der Waals surface area contributed by atoms with E-state index in [4.69, 9.17) is 5.53 Å². The molecule has 6 nitrogen and oxygen atoms in total. The molecule has 0 aromatic rings. The number of azide groups is 1. The lowest BCUT2D eigenvalue weighted by Crippen LogP contribution is -2.36. The van der Waals surface area contributed by atoms with Crippen LogP contribution in [0, 0.1) is 5.92 Å². The van der Waals surface area contributed by atoms with Crippen molar-refractivity contribution in [2.45, 2.75) is 26.0 Å². The molecule has 74 valence electrons. The molecular weight excluding hydrogens is 174 g/mol. The maximum Gasteiger partial charge on any atom is 0.317 e. The summed E-state index contributed by atoms with van der Waals surface area (Å²) in [6.45, 7) is 3.43. The smallest absolute Gasteiger partial charge is 0.317 e. The van der Waals surface area contributed by atoms with Crippen molar-refractivity contribution in [2.24, 2.45) is 11.0 Å². The Kier molecular flexibility index (Phi) is 4.87. The van der Waals surface area contributed by atoms with Crippen molar-refractivity contribution in [3.8, 4) is 0 Å². The third kappa shape index (κ3) is 3.31. The third-order valence-electron chi connectivity index (χ3n) is 1.63. The van der Waals surface area contributed by atoms with Crippen LogP contribution in [0.25, 0.3) is 10.4 Å². The Bertz CT molecular complexity index is 223. The van der Waals surface area contributed by atoms with Gasteiger partial charge in [-0.3, -0.25) is 4.79 Å². The number of aliphatic hydroxyl groups excluding tert-OH is 1. The largest absolute Gasteiger partial charge is 0.469 e. The lowest BCUT2D eigenvalue weighted by molar-refractivity contribution is -0.145. The molecular formula is C7H13N3O3. The summed E-state index contributed by atoms with van der Waals surface area (Å²) in [4.78, 5) is 13.5. The highest BCUT2D eigenvalue weighted by molar-refractivity contribution is 5.76. The molecule has 0 aliphatic heterocycles. The molecule has 0 amide bonds. The summed E-state index contributed by atoms with van der Waals surface area (Å²) in [6.07, 6.45) is -1.01. The van der Waals surface area contributed by atoms with Crippen LogP contribution in [-0.2, 0) is 9.53 Å². The van der Waals surface area contributed by atoms with Gasteiger partial charge in [-0.15, -0.1) is 0 Å². The fraction of sp³-hybridized carbons (Fsp3) is 0.857. The summed E-state index contributed by atoms with van der Waals surface area (Å²) < 4.78 is 4.37. The first-order valence-electron chi connectivity index (χ1n) is 3.84. The molecule has 0 bridgehead atoms. The van der Waals surface area contributed by atoms with Gasteiger partial charge in [-0.1, -0.05) is 19.0 Å². The predicted octanol–water partition coefficient (Wildman–Crippen LogP) is 0.855. The summed E-state index contributed by atoms with van der Waals surface area (Å²) in [5.41, 5.74) is 8.15. The maximum atomic E-state index is 11.0. The quantitative estimate of drug-likeness (QED) is 0.306. The average molecular weight is 187 g/mol. The van der Waals surface area contributed by atoms with Crippen molar-refractivity contribution in [3.05, 3.63) is 10.4 Å². The number of ether oxygens (including phenoxy) is 1. The van der Waals surface area contributed by atoms with E-state index in [0.29, 0.717) is 0 Å². The topological polar surface area (TPSA) is 95.3 Å². The van der Waals surface area contributed by atoms with Gasteiger partial charge in [-0.25, -0.2) is 0 Å². The Morgan fingerprint density at radius 1 is 1.62 bits per heavy atom. The lowest BCUT2D eigenvalue weighted by Gasteiger charge is -2.19. The molecule has 0 aromatic heterocycles. The number of hydrogen-bond donors (Lipinski definition) is 1. The second-order valence-corrected chi connectivity index (χ2v) is 2.91. The van der Waals surface area contributed by atoms with Gasteiger partial charge in [0.1, 0.15) is 0 Å². The molecule has 0 heterocycles. The van der Waals surface area contributed by atoms with Crippen LogP contribution in [0.15, 0.2) is 5.11 Å². The maximum absolute atomic E-state index is 11.0. The van der Waals surface area contributed by atoms with E-state index in [9.17, 15) is 9.90 Å². The highest BCUT2D eigenvalue weighted by Gasteiger charge is 2.28. The van der Waals surface area contributed by atoms with Crippen molar-refractivity contribution in [1.29, 1.82) is 0 Å². The van der Waals surface area contributed by atoms with Crippen LogP contribution in [0.1, 0.15) is 13.8 Å². The molecule has 0 rings (SSSR count). The zero-order valence-electron chi connectivity index (χ0n) is 7.84. The highest BCUT2D eigenvalue weighted by Crippen LogP contribution is 2.11. The normalized spacial score (nSPS) is 14.5. The van der Waals surface area contributed by atoms with Gasteiger partial charge in [-0.05, 0) is 11.4 Å². The standard InChI is InChI=1S/C7H13N3O3/c1-4(2)6(11)5(9-10-8)7(12)13-3/h4-6,11H,1-3H3/t5-,6-/m0/s1. The number of rotatable bonds is 4. The van der Waals surface area contributed by atoms with Crippen LogP contribution in [0.4, 0.5) is 0 Å². The van der Waals surface area contributed by atoms with E-state index in [0.717, 1.165) is 0 Å². The van der Waals surface area contributed by atoms with Crippen LogP contribution >= 0.6 is 0 Å². The zero-order valence-corrected chi connectivity index (χ0v) is 7.84. The fourth-order valence-corrected chi connectivity index (χ4v) is 0.796. The van der Waals surface area contributed by atoms with Crippen molar-refractivity contribution < 1.29 is 14.6 Å². The van der Waals surface area contributed by atoms with Crippen LogP contribution in [0.2, 0.25) is 0 Å². The minimum Gasteiger partial charge on any atom is -0.469 e. The van der Waals surface area contributed by atoms with Crippen LogP contribution in [0.5, 0.6) is 0 Å². The molecule has 0 aliphatic carbocycles. The number of carbonyl (C=O) groups is 1. The van der Waals surface area contributed by atoms with Gasteiger partial charge in [0.2, 0.25) is 0 Å². The van der Waals surface area contributed by atoms with Crippen molar-refractivity contribution >= 4 is 5.97 Å². The first-order valence-corrected chi connectivity index (χ1v) is 3.84. The van der Waals surface area contributed by atoms with E-state index in [1.807, 2.05) is 0 Å². The van der Waals surface area contributed by atoms with Gasteiger partial charge in [0.15, 0.2) is 6.04 Å². The highest BCUT2D eigenvalue weighted by atomic mass is 16.5. The molecule has 6 heteroatoms. The summed E-state index contributed by atoms with van der Waals surface area (Å²) in [5, 5.41) is 12.6. The van der Waals surface area contributed by atoms with Crippen LogP contribution < -0.4 is 0 Å². The molecule has 2 atom stereocenters. The molecule has 0 aromatic carbocycles. The first-order chi connectivity index (χ1) is 6.04. The Morgan fingerprint density at radius 3 is 2.46 bits per heavy atom. The molecule has 0 saturated carbocycles. The van der Waals surface area contributed by atoms with Gasteiger partial charge in [-0.2, -0.15) is 0 Å². The van der Waals surface area contributed by atoms with E-state index in [2.05, 4.69) is 14.8 Å². The Hall–Kier alpha value is -1.26. The molecule has 1 N–H and O–H groups in total. The number of methoxy groups -OCH3 is 1. The molecule has 0 radical (unpaired) electrons. The molecule has 0 saturated heterocycles. The summed E-state index contributed by atoms with van der Waals surface area (Å²) in [7, 11) is 1.18. The SMILES string of the molecule is COC(=O)[C@@H](N=[N+]=[N-])[C@@H](O)C(C)C. The molecule has 0 aliphatic rings. The van der Waals surface area contributed by atoms with Gasteiger partial charge in [0, 0.05) is 4.91 Å². The summed E-state index contributed by atoms with van der Waals surface area (Å²) >= 11 is 0. The predicted molar refractivity (Wildman–Crippen MR) is 45.8 cm³/mol. The minimum absolute atomic E-state index is 0.172. The summed E-state index contributed by atoms with van der Waals surface area (Å²) in [6, 6.07) is -1.16. The Morgan fingerprint density at radius 2 is 2.15 bits per heavy atom. The summed E-state index contributed by atoms with van der Waals surface area (Å²) in [5.74, 6) is -0.895. The van der Waals surface area contributed by atoms with Gasteiger partial charge >= 0.3 is 5.97 Å². The number of aliphatic hydroxyl groups is 1. The van der Waals surface area contributed by atoms with Crippen molar-refractivity contribution in [1.82, 2.24) is 0 Å². The van der Waals surface area contributed by atoms with Gasteiger partial charge in [0.05, 0.1) is 13.2 Å². The lowest BCUT2D eigenvalue weighted by atomic mass is 10.0. The van der Waals surface area contributed by atoms with E-state index in [-0.39, 0.29) is 5.92 Å². The number of nitrogens with zero attached hydrogens (tertiary/aromatic N) is 3. The van der Waals surface area contributed by atoms with E-state index in [1.54, 1.807) is 13.8 Å². The second-order valence-electron chi connectivity index (χ2n) is 2.91. The third-order valence-corrected chi connectivity index (χ3v) is 1.63. The molecule has 13 heavy (non-hydrogen) atoms. The monoisotopic (exact) mass is 187 g/mol. The number of hydrogen-bond acceptors (Lipinski definition) is 4. The van der Waals surface area contributed by atoms with E-state index < -0.39 is 18.1 Å². The number of esters is 1. The molecule has 0 fully saturated rings. The van der Waals surface area contributed by atoms with Crippen LogP contribution in [-0.4, -0.2) is 30.3 Å².